The van der Waals surface area contributed by atoms with E-state index < -0.39 is 13.0 Å². The third-order valence-corrected chi connectivity index (χ3v) is 4.57. The Morgan fingerprint density at radius 1 is 0.957 bits per heavy atom. The lowest BCUT2D eigenvalue weighted by molar-refractivity contribution is 0.00578. The zero-order valence-corrected chi connectivity index (χ0v) is 13.8. The first kappa shape index (κ1) is 15.8. The normalized spacial score (nSPS) is 19.0. The van der Waals surface area contributed by atoms with E-state index in [1.807, 2.05) is 52.0 Å². The number of benzene rings is 1. The Morgan fingerprint density at radius 2 is 1.52 bits per heavy atom. The lowest BCUT2D eigenvalue weighted by atomic mass is 9.79. The summed E-state index contributed by atoms with van der Waals surface area (Å²) in [7, 11) is -0.396. The minimum Gasteiger partial charge on any atom is -0.451 e. The Labute approximate surface area is 135 Å². The number of hydrogen-bond donors (Lipinski definition) is 1. The van der Waals surface area contributed by atoms with Crippen molar-refractivity contribution in [3.05, 3.63) is 42.2 Å². The Hall–Kier alpha value is -2.05. The lowest BCUT2D eigenvalue weighted by Crippen LogP contribution is -2.41. The van der Waals surface area contributed by atoms with Crippen molar-refractivity contribution >= 4 is 18.5 Å². The van der Waals surface area contributed by atoms with Crippen LogP contribution in [-0.2, 0) is 9.31 Å². The van der Waals surface area contributed by atoms with Gasteiger partial charge in [-0.15, -0.1) is 0 Å². The van der Waals surface area contributed by atoms with Gasteiger partial charge in [0, 0.05) is 5.56 Å². The quantitative estimate of drug-likeness (QED) is 0.883. The summed E-state index contributed by atoms with van der Waals surface area (Å²) in [5.41, 5.74) is 6.26. The van der Waals surface area contributed by atoms with E-state index in [0.29, 0.717) is 5.76 Å². The molecule has 23 heavy (non-hydrogen) atoms. The second kappa shape index (κ2) is 5.25. The van der Waals surface area contributed by atoms with Gasteiger partial charge in [0.05, 0.1) is 11.2 Å². The van der Waals surface area contributed by atoms with Gasteiger partial charge in [0.2, 0.25) is 0 Å². The second-order valence-corrected chi connectivity index (χ2v) is 6.74. The van der Waals surface area contributed by atoms with E-state index in [0.717, 1.165) is 11.0 Å². The van der Waals surface area contributed by atoms with Crippen molar-refractivity contribution in [3.63, 3.8) is 0 Å². The third kappa shape index (κ3) is 2.80. The second-order valence-electron chi connectivity index (χ2n) is 6.74. The van der Waals surface area contributed by atoms with Gasteiger partial charge < -0.3 is 19.5 Å². The smallest absolute Gasteiger partial charge is 0.451 e. The third-order valence-electron chi connectivity index (χ3n) is 4.57. The molecule has 1 saturated heterocycles. The number of amides is 1. The van der Waals surface area contributed by atoms with Gasteiger partial charge in [0.25, 0.3) is 5.91 Å². The summed E-state index contributed by atoms with van der Waals surface area (Å²) < 4.78 is 17.5. The summed E-state index contributed by atoms with van der Waals surface area (Å²) in [6, 6.07) is 11.0. The monoisotopic (exact) mass is 313 g/mol. The van der Waals surface area contributed by atoms with E-state index >= 15 is 0 Å². The molecule has 0 bridgehead atoms. The molecule has 0 saturated carbocycles. The summed E-state index contributed by atoms with van der Waals surface area (Å²) in [6.07, 6.45) is 0. The van der Waals surface area contributed by atoms with Crippen molar-refractivity contribution in [1.29, 1.82) is 0 Å². The molecule has 1 fully saturated rings. The average molecular weight is 313 g/mol. The van der Waals surface area contributed by atoms with Gasteiger partial charge >= 0.3 is 7.12 Å². The minimum atomic E-state index is -0.579. The van der Waals surface area contributed by atoms with E-state index in [9.17, 15) is 4.79 Å². The van der Waals surface area contributed by atoms with Gasteiger partial charge in [-0.3, -0.25) is 4.79 Å². The van der Waals surface area contributed by atoms with Crippen LogP contribution in [0.1, 0.15) is 38.2 Å². The zero-order chi connectivity index (χ0) is 16.8. The van der Waals surface area contributed by atoms with Gasteiger partial charge in [-0.25, -0.2) is 0 Å². The molecule has 1 aliphatic heterocycles. The summed E-state index contributed by atoms with van der Waals surface area (Å²) in [5.74, 6) is 0.166. The van der Waals surface area contributed by atoms with Gasteiger partial charge in [0.1, 0.15) is 5.76 Å². The molecule has 120 valence electrons. The molecule has 0 spiro atoms. The number of primary amides is 1. The zero-order valence-electron chi connectivity index (χ0n) is 13.8. The Morgan fingerprint density at radius 3 is 2.00 bits per heavy atom. The number of carbonyl (C=O) groups is 1. The molecule has 2 aromatic rings. The summed E-state index contributed by atoms with van der Waals surface area (Å²) in [4.78, 5) is 11.1. The molecule has 1 aromatic heterocycles. The molecule has 0 aliphatic carbocycles. The van der Waals surface area contributed by atoms with E-state index in [-0.39, 0.29) is 17.0 Å². The largest absolute Gasteiger partial charge is 0.494 e. The maximum absolute atomic E-state index is 11.1. The number of furan rings is 1. The van der Waals surface area contributed by atoms with E-state index in [4.69, 9.17) is 19.5 Å². The summed E-state index contributed by atoms with van der Waals surface area (Å²) in [5, 5.41) is 0. The van der Waals surface area contributed by atoms with Crippen LogP contribution >= 0.6 is 0 Å². The van der Waals surface area contributed by atoms with Gasteiger partial charge in [-0.2, -0.15) is 0 Å². The topological polar surface area (TPSA) is 74.7 Å². The Bertz CT molecular complexity index is 717. The van der Waals surface area contributed by atoms with Crippen molar-refractivity contribution < 1.29 is 18.5 Å². The maximum atomic E-state index is 11.1. The van der Waals surface area contributed by atoms with E-state index in [1.165, 1.54) is 0 Å². The van der Waals surface area contributed by atoms with Crippen LogP contribution in [0.15, 0.2) is 40.8 Å². The molecule has 2 N–H and O–H groups in total. The van der Waals surface area contributed by atoms with Gasteiger partial charge in [-0.1, -0.05) is 24.3 Å². The van der Waals surface area contributed by atoms with Crippen molar-refractivity contribution in [1.82, 2.24) is 0 Å². The first-order valence-electron chi connectivity index (χ1n) is 7.55. The molecular weight excluding hydrogens is 293 g/mol. The van der Waals surface area contributed by atoms with Crippen LogP contribution in [-0.4, -0.2) is 24.2 Å². The average Bonchev–Trinajstić information content (AvgIpc) is 3.03. The fraction of sp³-hybridized carbons (Fsp3) is 0.353. The van der Waals surface area contributed by atoms with Crippen LogP contribution in [0.5, 0.6) is 0 Å². The van der Waals surface area contributed by atoms with Crippen LogP contribution in [0, 0.1) is 0 Å². The van der Waals surface area contributed by atoms with E-state index in [2.05, 4.69) is 0 Å². The molecule has 0 unspecified atom stereocenters. The molecule has 0 atom stereocenters. The van der Waals surface area contributed by atoms with Crippen LogP contribution in [0.25, 0.3) is 11.3 Å². The SMILES string of the molecule is CC1(C)OB(c2ccc(-c3ccc(C(N)=O)o3)cc2)OC1(C)C. The van der Waals surface area contributed by atoms with Crippen LogP contribution < -0.4 is 11.2 Å². The molecule has 1 aromatic carbocycles. The molecule has 1 aliphatic rings. The van der Waals surface area contributed by atoms with Crippen LogP contribution in [0.4, 0.5) is 0 Å². The fourth-order valence-electron chi connectivity index (χ4n) is 2.41. The highest BCUT2D eigenvalue weighted by molar-refractivity contribution is 6.62. The highest BCUT2D eigenvalue weighted by Crippen LogP contribution is 2.36. The minimum absolute atomic E-state index is 0.148. The fourth-order valence-corrected chi connectivity index (χ4v) is 2.41. The number of rotatable bonds is 3. The van der Waals surface area contributed by atoms with Crippen LogP contribution in [0.3, 0.4) is 0 Å². The predicted molar refractivity (Wildman–Crippen MR) is 88.4 cm³/mol. The van der Waals surface area contributed by atoms with Crippen molar-refractivity contribution in [2.45, 2.75) is 38.9 Å². The standard InChI is InChI=1S/C17H20BNO4/c1-16(2)17(3,4)23-18(22-16)12-7-5-11(6-8-12)13-9-10-14(21-13)15(19)20/h5-10H,1-4H3,(H2,19,20). The first-order valence-corrected chi connectivity index (χ1v) is 7.55. The van der Waals surface area contributed by atoms with Crippen molar-refractivity contribution in [2.75, 3.05) is 0 Å². The summed E-state index contributed by atoms with van der Waals surface area (Å²) >= 11 is 0. The first-order chi connectivity index (χ1) is 10.7. The maximum Gasteiger partial charge on any atom is 0.494 e. The molecule has 5 nitrogen and oxygen atoms in total. The molecule has 1 amide bonds. The van der Waals surface area contributed by atoms with Crippen molar-refractivity contribution in [2.24, 2.45) is 5.73 Å². The highest BCUT2D eigenvalue weighted by atomic mass is 16.7. The Balaban J connectivity index is 1.81. The van der Waals surface area contributed by atoms with Crippen molar-refractivity contribution in [3.8, 4) is 11.3 Å². The molecule has 3 rings (SSSR count). The predicted octanol–water partition coefficient (Wildman–Crippen LogP) is 2.34. The highest BCUT2D eigenvalue weighted by Gasteiger charge is 2.51. The molecule has 6 heteroatoms. The number of nitrogens with two attached hydrogens (primary N) is 1. The number of carbonyl (C=O) groups excluding carboxylic acids is 1. The van der Waals surface area contributed by atoms with Gasteiger partial charge in [0.15, 0.2) is 5.76 Å². The lowest BCUT2D eigenvalue weighted by Gasteiger charge is -2.32. The molecule has 0 radical (unpaired) electrons. The van der Waals surface area contributed by atoms with Crippen LogP contribution in [0.2, 0.25) is 0 Å². The molecular formula is C17H20BNO4. The summed E-state index contributed by atoms with van der Waals surface area (Å²) in [6.45, 7) is 8.09. The number of hydrogen-bond acceptors (Lipinski definition) is 4. The Kier molecular flexibility index (Phi) is 3.61. The van der Waals surface area contributed by atoms with Gasteiger partial charge in [-0.05, 0) is 45.3 Å². The van der Waals surface area contributed by atoms with E-state index in [1.54, 1.807) is 12.1 Å². The molecule has 2 heterocycles.